The van der Waals surface area contributed by atoms with Gasteiger partial charge in [0.2, 0.25) is 5.91 Å². The van der Waals surface area contributed by atoms with Crippen LogP contribution in [0, 0.1) is 19.3 Å². The topological polar surface area (TPSA) is 87.7 Å². The lowest BCUT2D eigenvalue weighted by Gasteiger charge is -2.34. The maximum atomic E-state index is 13.9. The van der Waals surface area contributed by atoms with E-state index in [0.29, 0.717) is 34.8 Å². The van der Waals surface area contributed by atoms with Crippen molar-refractivity contribution in [2.45, 2.75) is 84.9 Å². The van der Waals surface area contributed by atoms with E-state index in [1.807, 2.05) is 13.0 Å². The first-order valence-corrected chi connectivity index (χ1v) is 13.7. The molecule has 2 atom stereocenters. The van der Waals surface area contributed by atoms with E-state index >= 15 is 0 Å². The van der Waals surface area contributed by atoms with Gasteiger partial charge in [-0.3, -0.25) is 9.59 Å². The van der Waals surface area contributed by atoms with Crippen molar-refractivity contribution in [3.63, 3.8) is 0 Å². The van der Waals surface area contributed by atoms with E-state index in [9.17, 15) is 14.4 Å². The monoisotopic (exact) mass is 553 g/mol. The fourth-order valence-corrected chi connectivity index (χ4v) is 4.36. The predicted octanol–water partition coefficient (Wildman–Crippen LogP) is 6.63. The summed E-state index contributed by atoms with van der Waals surface area (Å²) in [6.45, 7) is 11.1. The number of hydrogen-bond donors (Lipinski definition) is 2. The van der Waals surface area contributed by atoms with Crippen LogP contribution in [0.4, 0.5) is 10.5 Å². The Morgan fingerprint density at radius 3 is 2.31 bits per heavy atom. The quantitative estimate of drug-likeness (QED) is 0.241. The normalized spacial score (nSPS) is 12.6. The second-order valence-electron chi connectivity index (χ2n) is 10.6. The minimum Gasteiger partial charge on any atom is -0.444 e. The van der Waals surface area contributed by atoms with Gasteiger partial charge in [-0.2, -0.15) is 0 Å². The Bertz CT molecular complexity index is 1160. The second-order valence-corrected chi connectivity index (χ2v) is 11.0. The Balaban J connectivity index is 2.49. The number of nitrogens with one attached hydrogen (secondary N) is 2. The van der Waals surface area contributed by atoms with Crippen LogP contribution in [0.1, 0.15) is 83.0 Å². The molecular formula is C31H40ClN3O4. The van der Waals surface area contributed by atoms with Gasteiger partial charge in [0.1, 0.15) is 17.7 Å². The Morgan fingerprint density at radius 1 is 1.08 bits per heavy atom. The summed E-state index contributed by atoms with van der Waals surface area (Å²) in [7, 11) is 0. The van der Waals surface area contributed by atoms with Gasteiger partial charge in [-0.25, -0.2) is 4.79 Å². The van der Waals surface area contributed by atoms with Crippen molar-refractivity contribution in [3.05, 3.63) is 64.2 Å². The summed E-state index contributed by atoms with van der Waals surface area (Å²) >= 11 is 6.41. The summed E-state index contributed by atoms with van der Waals surface area (Å²) < 4.78 is 5.34. The highest BCUT2D eigenvalue weighted by Crippen LogP contribution is 2.30. The van der Waals surface area contributed by atoms with E-state index in [1.54, 1.807) is 64.1 Å². The van der Waals surface area contributed by atoms with Crippen LogP contribution in [0.5, 0.6) is 0 Å². The molecule has 0 bridgehead atoms. The van der Waals surface area contributed by atoms with Crippen molar-refractivity contribution in [2.75, 3.05) is 11.9 Å². The number of terminal acetylenes is 1. The summed E-state index contributed by atoms with van der Waals surface area (Å²) in [5.74, 6) is 1.74. The van der Waals surface area contributed by atoms with Gasteiger partial charge in [-0.05, 0) is 70.4 Å². The smallest absolute Gasteiger partial charge is 0.408 e. The summed E-state index contributed by atoms with van der Waals surface area (Å²) in [5, 5.41) is 5.95. The molecule has 7 nitrogen and oxygen atoms in total. The van der Waals surface area contributed by atoms with Gasteiger partial charge in [0.25, 0.3) is 5.91 Å². The summed E-state index contributed by atoms with van der Waals surface area (Å²) in [4.78, 5) is 41.7. The van der Waals surface area contributed by atoms with Crippen LogP contribution < -0.4 is 10.6 Å². The van der Waals surface area contributed by atoms with Gasteiger partial charge >= 0.3 is 6.09 Å². The number of nitrogens with zero attached hydrogens (tertiary/aromatic N) is 1. The lowest BCUT2D eigenvalue weighted by molar-refractivity contribution is -0.140. The number of halogens is 1. The first-order valence-electron chi connectivity index (χ1n) is 13.3. The van der Waals surface area contributed by atoms with Crippen molar-refractivity contribution < 1.29 is 19.1 Å². The number of carbonyl (C=O) groups excluding carboxylic acids is 3. The molecule has 0 saturated carbocycles. The van der Waals surface area contributed by atoms with Crippen molar-refractivity contribution >= 4 is 35.2 Å². The number of anilines is 1. The number of unbranched alkanes of at least 4 members (excludes halogenated alkanes) is 3. The van der Waals surface area contributed by atoms with Crippen LogP contribution in [0.25, 0.3) is 0 Å². The Hall–Kier alpha value is -3.50. The molecule has 0 radical (unpaired) electrons. The van der Waals surface area contributed by atoms with E-state index in [4.69, 9.17) is 22.8 Å². The molecule has 0 aromatic heterocycles. The molecule has 0 fully saturated rings. The Labute approximate surface area is 237 Å². The standard InChI is InChI=1S/C31H40ClN3O4/c1-8-10-11-12-20-35(29(37)22(4)33-30(38)39-31(5,6)7)27(24-18-16-23(9-2)17-19-24)28(36)34-26-21(3)14-13-15-25(26)32/h2,13-19,22,27H,8,10-12,20H2,1,3-7H3,(H,33,38)(H,34,36). The lowest BCUT2D eigenvalue weighted by Crippen LogP contribution is -2.51. The van der Waals surface area contributed by atoms with Gasteiger partial charge in [0.05, 0.1) is 10.7 Å². The van der Waals surface area contributed by atoms with Crippen molar-refractivity contribution in [3.8, 4) is 12.3 Å². The predicted molar refractivity (Wildman–Crippen MR) is 157 cm³/mol. The minimum atomic E-state index is -0.996. The molecule has 0 aliphatic heterocycles. The third-order valence-corrected chi connectivity index (χ3v) is 6.38. The molecule has 2 rings (SSSR count). The van der Waals surface area contributed by atoms with Crippen LogP contribution in [-0.2, 0) is 14.3 Å². The number of benzene rings is 2. The number of amides is 3. The highest BCUT2D eigenvalue weighted by molar-refractivity contribution is 6.34. The molecule has 2 N–H and O–H groups in total. The molecule has 210 valence electrons. The summed E-state index contributed by atoms with van der Waals surface area (Å²) in [5.41, 5.74) is 1.79. The van der Waals surface area contributed by atoms with Gasteiger partial charge in [-0.1, -0.05) is 68.0 Å². The van der Waals surface area contributed by atoms with E-state index in [-0.39, 0.29) is 0 Å². The molecule has 39 heavy (non-hydrogen) atoms. The van der Waals surface area contributed by atoms with Crippen molar-refractivity contribution in [2.24, 2.45) is 0 Å². The van der Waals surface area contributed by atoms with Crippen LogP contribution >= 0.6 is 11.6 Å². The maximum absolute atomic E-state index is 13.9. The number of aryl methyl sites for hydroxylation is 1. The minimum absolute atomic E-state index is 0.315. The van der Waals surface area contributed by atoms with Crippen LogP contribution in [-0.4, -0.2) is 41.0 Å². The highest BCUT2D eigenvalue weighted by Gasteiger charge is 2.35. The van der Waals surface area contributed by atoms with E-state index in [1.165, 1.54) is 4.90 Å². The lowest BCUT2D eigenvalue weighted by atomic mass is 10.0. The van der Waals surface area contributed by atoms with Gasteiger partial charge in [0.15, 0.2) is 0 Å². The van der Waals surface area contributed by atoms with Crippen LogP contribution in [0.3, 0.4) is 0 Å². The van der Waals surface area contributed by atoms with Crippen molar-refractivity contribution in [1.82, 2.24) is 10.2 Å². The first kappa shape index (κ1) is 31.7. The molecule has 0 saturated heterocycles. The second kappa shape index (κ2) is 14.6. The fourth-order valence-electron chi connectivity index (χ4n) is 4.09. The zero-order chi connectivity index (χ0) is 29.2. The largest absolute Gasteiger partial charge is 0.444 e. The molecule has 0 spiro atoms. The SMILES string of the molecule is C#Cc1ccc(C(C(=O)Nc2c(C)cccc2Cl)N(CCCCCC)C(=O)C(C)NC(=O)OC(C)(C)C)cc1. The Kier molecular flexibility index (Phi) is 11.9. The maximum Gasteiger partial charge on any atom is 0.408 e. The first-order chi connectivity index (χ1) is 18.4. The molecule has 3 amide bonds. The van der Waals surface area contributed by atoms with Gasteiger partial charge < -0.3 is 20.3 Å². The molecule has 0 heterocycles. The molecule has 0 aliphatic rings. The average molecular weight is 554 g/mol. The average Bonchev–Trinajstić information content (AvgIpc) is 2.86. The molecule has 8 heteroatoms. The number of alkyl carbamates (subject to hydrolysis) is 1. The third-order valence-electron chi connectivity index (χ3n) is 6.06. The number of carbonyl (C=O) groups is 3. The molecule has 2 aromatic rings. The van der Waals surface area contributed by atoms with Crippen LogP contribution in [0.2, 0.25) is 5.02 Å². The van der Waals surface area contributed by atoms with E-state index in [2.05, 4.69) is 23.5 Å². The molecule has 2 aromatic carbocycles. The summed E-state index contributed by atoms with van der Waals surface area (Å²) in [6, 6.07) is 10.4. The number of ether oxygens (including phenoxy) is 1. The fraction of sp³-hybridized carbons (Fsp3) is 0.452. The molecule has 0 aliphatic carbocycles. The third kappa shape index (κ3) is 9.63. The molecule has 2 unspecified atom stereocenters. The zero-order valence-electron chi connectivity index (χ0n) is 23.8. The van der Waals surface area contributed by atoms with Gasteiger partial charge in [0, 0.05) is 12.1 Å². The number of para-hydroxylation sites is 1. The highest BCUT2D eigenvalue weighted by atomic mass is 35.5. The van der Waals surface area contributed by atoms with E-state index in [0.717, 1.165) is 24.8 Å². The number of rotatable bonds is 11. The van der Waals surface area contributed by atoms with E-state index < -0.39 is 35.6 Å². The Morgan fingerprint density at radius 2 is 1.74 bits per heavy atom. The van der Waals surface area contributed by atoms with Crippen LogP contribution in [0.15, 0.2) is 42.5 Å². The summed E-state index contributed by atoms with van der Waals surface area (Å²) in [6.07, 6.45) is 8.44. The zero-order valence-corrected chi connectivity index (χ0v) is 24.5. The molecular weight excluding hydrogens is 514 g/mol. The van der Waals surface area contributed by atoms with Crippen molar-refractivity contribution in [1.29, 1.82) is 0 Å². The van der Waals surface area contributed by atoms with Gasteiger partial charge in [-0.15, -0.1) is 6.42 Å². The number of hydrogen-bond acceptors (Lipinski definition) is 4.